The molecule has 0 radical (unpaired) electrons. The van der Waals surface area contributed by atoms with E-state index >= 15 is 0 Å². The number of hydrogen-bond acceptors (Lipinski definition) is 2. The van der Waals surface area contributed by atoms with Crippen LogP contribution in [-0.2, 0) is 0 Å². The third-order valence-corrected chi connectivity index (χ3v) is 4.15. The van der Waals surface area contributed by atoms with Gasteiger partial charge in [-0.15, -0.1) is 0 Å². The number of nitrogen functional groups attached to an aromatic ring is 1. The molecule has 18 heavy (non-hydrogen) atoms. The summed E-state index contributed by atoms with van der Waals surface area (Å²) in [5.74, 6) is 0. The summed E-state index contributed by atoms with van der Waals surface area (Å²) in [6.45, 7) is 4.49. The van der Waals surface area contributed by atoms with Gasteiger partial charge in [-0.3, -0.25) is 0 Å². The van der Waals surface area contributed by atoms with Gasteiger partial charge in [0.05, 0.1) is 0 Å². The van der Waals surface area contributed by atoms with Gasteiger partial charge < -0.3 is 11.5 Å². The molecule has 2 nitrogen and oxygen atoms in total. The predicted octanol–water partition coefficient (Wildman–Crippen LogP) is 3.70. The smallest absolute Gasteiger partial charge is 0.0314 e. The molecule has 0 unspecified atom stereocenters. The lowest BCUT2D eigenvalue weighted by molar-refractivity contribution is 0.362. The summed E-state index contributed by atoms with van der Waals surface area (Å²) in [6, 6.07) is 8.15. The Labute approximate surface area is 109 Å². The fourth-order valence-electron chi connectivity index (χ4n) is 2.86. The average Bonchev–Trinajstić information content (AvgIpc) is 2.39. The summed E-state index contributed by atoms with van der Waals surface area (Å²) in [7, 11) is 0. The molecule has 0 spiro atoms. The quantitative estimate of drug-likeness (QED) is 0.794. The second kappa shape index (κ2) is 4.89. The van der Waals surface area contributed by atoms with Crippen molar-refractivity contribution in [1.82, 2.24) is 0 Å². The van der Waals surface area contributed by atoms with Crippen molar-refractivity contribution < 1.29 is 0 Å². The minimum Gasteiger partial charge on any atom is -0.402 e. The van der Waals surface area contributed by atoms with Crippen LogP contribution in [0.5, 0.6) is 0 Å². The summed E-state index contributed by atoms with van der Waals surface area (Å²) in [5.41, 5.74) is 16.4. The van der Waals surface area contributed by atoms with Crippen molar-refractivity contribution in [3.8, 4) is 0 Å². The SMILES string of the molecule is CCC1(CC)CC(N)=CC=C1c1ccc(N)cc1. The van der Waals surface area contributed by atoms with E-state index in [9.17, 15) is 0 Å². The Morgan fingerprint density at radius 1 is 1.00 bits per heavy atom. The van der Waals surface area contributed by atoms with Gasteiger partial charge in [-0.25, -0.2) is 0 Å². The van der Waals surface area contributed by atoms with Crippen molar-refractivity contribution in [1.29, 1.82) is 0 Å². The van der Waals surface area contributed by atoms with E-state index in [1.165, 1.54) is 11.1 Å². The first-order valence-electron chi connectivity index (χ1n) is 6.64. The number of anilines is 1. The molecule has 2 heteroatoms. The molecule has 0 fully saturated rings. The zero-order valence-corrected chi connectivity index (χ0v) is 11.2. The zero-order chi connectivity index (χ0) is 13.2. The molecule has 0 heterocycles. The van der Waals surface area contributed by atoms with Gasteiger partial charge in [-0.05, 0) is 48.6 Å². The average molecular weight is 242 g/mol. The molecule has 0 atom stereocenters. The van der Waals surface area contributed by atoms with Gasteiger partial charge >= 0.3 is 0 Å². The Bertz CT molecular complexity index is 476. The van der Waals surface area contributed by atoms with Crippen LogP contribution in [0.25, 0.3) is 5.57 Å². The lowest BCUT2D eigenvalue weighted by Crippen LogP contribution is -2.26. The van der Waals surface area contributed by atoms with Crippen molar-refractivity contribution >= 4 is 11.3 Å². The van der Waals surface area contributed by atoms with E-state index in [4.69, 9.17) is 11.5 Å². The molecule has 1 aliphatic carbocycles. The highest BCUT2D eigenvalue weighted by Crippen LogP contribution is 2.47. The van der Waals surface area contributed by atoms with Gasteiger partial charge in [0.25, 0.3) is 0 Å². The molecule has 96 valence electrons. The molecule has 4 N–H and O–H groups in total. The molecule has 0 saturated carbocycles. The van der Waals surface area contributed by atoms with E-state index in [0.717, 1.165) is 30.6 Å². The third-order valence-electron chi connectivity index (χ3n) is 4.15. The van der Waals surface area contributed by atoms with Crippen LogP contribution in [0.1, 0.15) is 38.7 Å². The molecule has 0 bridgehead atoms. The first-order chi connectivity index (χ1) is 8.61. The maximum absolute atomic E-state index is 6.02. The molecule has 0 aliphatic heterocycles. The normalized spacial score (nSPS) is 18.1. The number of allylic oxidation sites excluding steroid dienone is 4. The van der Waals surface area contributed by atoms with Crippen LogP contribution in [0.4, 0.5) is 5.69 Å². The van der Waals surface area contributed by atoms with E-state index in [1.54, 1.807) is 0 Å². The van der Waals surface area contributed by atoms with Crippen LogP contribution in [-0.4, -0.2) is 0 Å². The zero-order valence-electron chi connectivity index (χ0n) is 11.2. The van der Waals surface area contributed by atoms with Crippen molar-refractivity contribution in [2.24, 2.45) is 11.1 Å². The summed E-state index contributed by atoms with van der Waals surface area (Å²) in [5, 5.41) is 0. The van der Waals surface area contributed by atoms with E-state index in [1.807, 2.05) is 18.2 Å². The Hall–Kier alpha value is -1.70. The third kappa shape index (κ3) is 2.15. The van der Waals surface area contributed by atoms with Crippen LogP contribution < -0.4 is 11.5 Å². The van der Waals surface area contributed by atoms with Gasteiger partial charge in [-0.1, -0.05) is 32.1 Å². The van der Waals surface area contributed by atoms with Gasteiger partial charge in [0.15, 0.2) is 0 Å². The molecular formula is C16H22N2. The monoisotopic (exact) mass is 242 g/mol. The molecule has 1 aliphatic rings. The van der Waals surface area contributed by atoms with Crippen molar-refractivity contribution in [2.45, 2.75) is 33.1 Å². The minimum absolute atomic E-state index is 0.176. The summed E-state index contributed by atoms with van der Waals surface area (Å²) < 4.78 is 0. The standard InChI is InChI=1S/C16H22N2/c1-3-16(4-2)11-14(18)9-10-15(16)12-5-7-13(17)8-6-12/h5-10H,3-4,11,17-18H2,1-2H3. The number of benzene rings is 1. The van der Waals surface area contributed by atoms with Crippen LogP contribution >= 0.6 is 0 Å². The van der Waals surface area contributed by atoms with E-state index in [-0.39, 0.29) is 5.41 Å². The Morgan fingerprint density at radius 3 is 2.17 bits per heavy atom. The van der Waals surface area contributed by atoms with Crippen LogP contribution in [0.2, 0.25) is 0 Å². The topological polar surface area (TPSA) is 52.0 Å². The first kappa shape index (κ1) is 12.7. The Balaban J connectivity index is 2.48. The maximum Gasteiger partial charge on any atom is 0.0314 e. The first-order valence-corrected chi connectivity index (χ1v) is 6.64. The van der Waals surface area contributed by atoms with E-state index < -0.39 is 0 Å². The Morgan fingerprint density at radius 2 is 1.61 bits per heavy atom. The van der Waals surface area contributed by atoms with E-state index in [0.29, 0.717) is 0 Å². The van der Waals surface area contributed by atoms with Gasteiger partial charge in [0.1, 0.15) is 0 Å². The molecule has 0 aromatic heterocycles. The maximum atomic E-state index is 6.02. The van der Waals surface area contributed by atoms with Crippen molar-refractivity contribution in [3.63, 3.8) is 0 Å². The molecule has 0 amide bonds. The van der Waals surface area contributed by atoms with Crippen LogP contribution in [0.3, 0.4) is 0 Å². The highest BCUT2D eigenvalue weighted by molar-refractivity contribution is 5.74. The number of rotatable bonds is 3. The van der Waals surface area contributed by atoms with Gasteiger partial charge in [0.2, 0.25) is 0 Å². The molecular weight excluding hydrogens is 220 g/mol. The molecule has 2 rings (SSSR count). The molecule has 1 aromatic carbocycles. The summed E-state index contributed by atoms with van der Waals surface area (Å²) >= 11 is 0. The molecule has 1 aromatic rings. The highest BCUT2D eigenvalue weighted by Gasteiger charge is 2.33. The fourth-order valence-corrected chi connectivity index (χ4v) is 2.86. The predicted molar refractivity (Wildman–Crippen MR) is 78.7 cm³/mol. The second-order valence-corrected chi connectivity index (χ2v) is 5.11. The van der Waals surface area contributed by atoms with Gasteiger partial charge in [0, 0.05) is 16.8 Å². The number of hydrogen-bond donors (Lipinski definition) is 2. The second-order valence-electron chi connectivity index (χ2n) is 5.11. The van der Waals surface area contributed by atoms with Crippen molar-refractivity contribution in [3.05, 3.63) is 47.7 Å². The lowest BCUT2D eigenvalue weighted by Gasteiger charge is -2.37. The number of nitrogens with two attached hydrogens (primary N) is 2. The summed E-state index contributed by atoms with van der Waals surface area (Å²) in [4.78, 5) is 0. The summed E-state index contributed by atoms with van der Waals surface area (Å²) in [6.07, 6.45) is 7.38. The Kier molecular flexibility index (Phi) is 3.46. The van der Waals surface area contributed by atoms with Crippen molar-refractivity contribution in [2.75, 3.05) is 5.73 Å². The fraction of sp³-hybridized carbons (Fsp3) is 0.375. The van der Waals surface area contributed by atoms with Crippen LogP contribution in [0, 0.1) is 5.41 Å². The van der Waals surface area contributed by atoms with E-state index in [2.05, 4.69) is 32.1 Å². The highest BCUT2D eigenvalue weighted by atomic mass is 14.6. The van der Waals surface area contributed by atoms with Crippen LogP contribution in [0.15, 0.2) is 42.1 Å². The lowest BCUT2D eigenvalue weighted by atomic mass is 9.68. The largest absolute Gasteiger partial charge is 0.402 e. The van der Waals surface area contributed by atoms with Gasteiger partial charge in [-0.2, -0.15) is 0 Å². The molecule has 0 saturated heterocycles. The minimum atomic E-state index is 0.176.